The molecule has 7 rings (SSSR count). The lowest BCUT2D eigenvalue weighted by Crippen LogP contribution is -2.52. The summed E-state index contributed by atoms with van der Waals surface area (Å²) in [6.07, 6.45) is 13.2. The molecular formula is C34H33ClN6O3. The molecule has 1 amide bonds. The van der Waals surface area contributed by atoms with Gasteiger partial charge in [-0.1, -0.05) is 36.6 Å². The van der Waals surface area contributed by atoms with Crippen molar-refractivity contribution >= 4 is 51.5 Å². The van der Waals surface area contributed by atoms with Gasteiger partial charge in [0.25, 0.3) is 5.91 Å². The fourth-order valence-corrected chi connectivity index (χ4v) is 7.18. The highest BCUT2D eigenvalue weighted by Gasteiger charge is 2.44. The number of hydrogen-bond acceptors (Lipinski definition) is 5. The van der Waals surface area contributed by atoms with Gasteiger partial charge in [0.05, 0.1) is 27.3 Å². The van der Waals surface area contributed by atoms with Crippen molar-refractivity contribution in [3.05, 3.63) is 82.4 Å². The minimum Gasteiger partial charge on any atom is -0.478 e. The molecule has 2 aliphatic carbocycles. The summed E-state index contributed by atoms with van der Waals surface area (Å²) in [5, 5.41) is 14.0. The number of carbonyl (C=O) groups excluding carboxylic acids is 1. The van der Waals surface area contributed by atoms with E-state index in [1.165, 1.54) is 18.4 Å². The zero-order chi connectivity index (χ0) is 30.6. The molecule has 0 saturated heterocycles. The van der Waals surface area contributed by atoms with Crippen molar-refractivity contribution in [1.82, 2.24) is 29.4 Å². The summed E-state index contributed by atoms with van der Waals surface area (Å²) < 4.78 is 4.15. The van der Waals surface area contributed by atoms with Gasteiger partial charge in [-0.15, -0.1) is 0 Å². The molecule has 5 aromatic rings. The monoisotopic (exact) mass is 608 g/mol. The van der Waals surface area contributed by atoms with E-state index in [9.17, 15) is 9.59 Å². The summed E-state index contributed by atoms with van der Waals surface area (Å²) in [5.74, 6) is 0.718. The predicted octanol–water partition coefficient (Wildman–Crippen LogP) is 6.74. The maximum absolute atomic E-state index is 13.9. The topological polar surface area (TPSA) is 115 Å². The molecule has 2 N–H and O–H groups in total. The second-order valence-corrected chi connectivity index (χ2v) is 12.5. The molecule has 0 unspecified atom stereocenters. The van der Waals surface area contributed by atoms with Crippen LogP contribution >= 0.6 is 11.6 Å². The molecule has 2 fully saturated rings. The first-order chi connectivity index (χ1) is 21.2. The molecule has 2 saturated carbocycles. The molecule has 9 nitrogen and oxygen atoms in total. The van der Waals surface area contributed by atoms with E-state index in [4.69, 9.17) is 21.7 Å². The second-order valence-electron chi connectivity index (χ2n) is 12.1. The highest BCUT2D eigenvalue weighted by atomic mass is 35.5. The van der Waals surface area contributed by atoms with Gasteiger partial charge < -0.3 is 19.6 Å². The number of hydrogen-bond donors (Lipinski definition) is 2. The van der Waals surface area contributed by atoms with Crippen LogP contribution < -0.4 is 5.32 Å². The van der Waals surface area contributed by atoms with Crippen LogP contribution in [0.25, 0.3) is 39.5 Å². The van der Waals surface area contributed by atoms with Crippen molar-refractivity contribution in [3.63, 3.8) is 0 Å². The molecular weight excluding hydrogens is 576 g/mol. The highest BCUT2D eigenvalue weighted by Crippen LogP contribution is 2.45. The van der Waals surface area contributed by atoms with Crippen molar-refractivity contribution in [1.29, 1.82) is 0 Å². The molecule has 44 heavy (non-hydrogen) atoms. The third-order valence-electron chi connectivity index (χ3n) is 9.41. The number of carboxylic acid groups (broad SMARTS) is 1. The maximum Gasteiger partial charge on any atom is 0.328 e. The van der Waals surface area contributed by atoms with Gasteiger partial charge >= 0.3 is 5.97 Å². The first kappa shape index (κ1) is 28.3. The standard InChI is InChI=1S/C34H33ClN6O3/c1-40-27-17-22(10-11-24(27)29(21-6-3-4-7-21)30(40)31-36-18-23(35)19-37-31)32(44)39-34(14-5-15-34)33-38-25-16-20(9-13-28(42)43)8-12-26(25)41(33)2/h8-13,16-19,21H,3-7,14-15H2,1-2H3,(H,39,44)(H,42,43)/b13-9+. The predicted molar refractivity (Wildman–Crippen MR) is 171 cm³/mol. The molecule has 3 aromatic heterocycles. The van der Waals surface area contributed by atoms with Gasteiger partial charge in [0, 0.05) is 49.0 Å². The van der Waals surface area contributed by atoms with Crippen LogP contribution in [0.2, 0.25) is 5.02 Å². The van der Waals surface area contributed by atoms with Crippen LogP contribution in [0.3, 0.4) is 0 Å². The number of aliphatic carboxylic acids is 1. The number of nitrogens with zero attached hydrogens (tertiary/aromatic N) is 5. The Bertz CT molecular complexity index is 1960. The van der Waals surface area contributed by atoms with Crippen molar-refractivity contribution in [3.8, 4) is 11.5 Å². The summed E-state index contributed by atoms with van der Waals surface area (Å²) in [6, 6.07) is 11.7. The SMILES string of the molecule is Cn1c(C2(NC(=O)c3ccc4c(C5CCCC5)c(-c5ncc(Cl)cn5)n(C)c4c3)CCC2)nc2cc(/C=C/C(=O)O)ccc21. The normalized spacial score (nSPS) is 16.6. The van der Waals surface area contributed by atoms with Gasteiger partial charge in [-0.25, -0.2) is 19.7 Å². The average Bonchev–Trinajstić information content (AvgIpc) is 3.71. The summed E-state index contributed by atoms with van der Waals surface area (Å²) in [7, 11) is 3.98. The third kappa shape index (κ3) is 4.76. The number of fused-ring (bicyclic) bond motifs is 2. The zero-order valence-electron chi connectivity index (χ0n) is 24.7. The average molecular weight is 609 g/mol. The molecule has 0 bridgehead atoms. The third-order valence-corrected chi connectivity index (χ3v) is 9.60. The fourth-order valence-electron chi connectivity index (χ4n) is 7.08. The lowest BCUT2D eigenvalue weighted by Gasteiger charge is -2.41. The van der Waals surface area contributed by atoms with Gasteiger partial charge in [0.15, 0.2) is 5.82 Å². The number of imidazole rings is 1. The summed E-state index contributed by atoms with van der Waals surface area (Å²) in [6.45, 7) is 0. The Kier molecular flexibility index (Phi) is 7.00. The quantitative estimate of drug-likeness (QED) is 0.198. The molecule has 10 heteroatoms. The van der Waals surface area contributed by atoms with E-state index in [-0.39, 0.29) is 5.91 Å². The van der Waals surface area contributed by atoms with Gasteiger partial charge in [0.1, 0.15) is 5.82 Å². The Morgan fingerprint density at radius 2 is 1.75 bits per heavy atom. The fraction of sp³-hybridized carbons (Fsp3) is 0.324. The Morgan fingerprint density at radius 3 is 2.43 bits per heavy atom. The van der Waals surface area contributed by atoms with E-state index in [2.05, 4.69) is 25.9 Å². The van der Waals surface area contributed by atoms with E-state index in [1.807, 2.05) is 49.0 Å². The number of carboxylic acids is 1. The molecule has 0 spiro atoms. The molecule has 0 atom stereocenters. The molecule has 224 valence electrons. The van der Waals surface area contributed by atoms with Crippen LogP contribution in [0.1, 0.15) is 78.2 Å². The van der Waals surface area contributed by atoms with Gasteiger partial charge in [-0.2, -0.15) is 0 Å². The van der Waals surface area contributed by atoms with Crippen molar-refractivity contribution < 1.29 is 14.7 Å². The number of benzene rings is 2. The molecule has 0 radical (unpaired) electrons. The van der Waals surface area contributed by atoms with Crippen LogP contribution in [-0.4, -0.2) is 41.1 Å². The molecule has 2 aliphatic rings. The number of halogens is 1. The van der Waals surface area contributed by atoms with Crippen LogP contribution in [0.15, 0.2) is 54.9 Å². The van der Waals surface area contributed by atoms with Crippen molar-refractivity contribution in [2.45, 2.75) is 56.4 Å². The second kappa shape index (κ2) is 10.9. The minimum absolute atomic E-state index is 0.142. The zero-order valence-corrected chi connectivity index (χ0v) is 25.4. The van der Waals surface area contributed by atoms with Crippen molar-refractivity contribution in [2.24, 2.45) is 14.1 Å². The Balaban J connectivity index is 1.24. The number of carbonyl (C=O) groups is 2. The lowest BCUT2D eigenvalue weighted by atomic mass is 9.75. The van der Waals surface area contributed by atoms with E-state index >= 15 is 0 Å². The Morgan fingerprint density at radius 1 is 1.00 bits per heavy atom. The largest absolute Gasteiger partial charge is 0.478 e. The summed E-state index contributed by atoms with van der Waals surface area (Å²) in [4.78, 5) is 39.0. The van der Waals surface area contributed by atoms with Crippen LogP contribution in [-0.2, 0) is 24.4 Å². The van der Waals surface area contributed by atoms with E-state index < -0.39 is 11.5 Å². The number of amides is 1. The number of nitrogens with one attached hydrogen (secondary N) is 1. The number of rotatable bonds is 7. The number of aryl methyl sites for hydroxylation is 2. The minimum atomic E-state index is -0.999. The van der Waals surface area contributed by atoms with Crippen molar-refractivity contribution in [2.75, 3.05) is 0 Å². The molecule has 0 aliphatic heterocycles. The van der Waals surface area contributed by atoms with Crippen LogP contribution in [0.4, 0.5) is 0 Å². The first-order valence-corrected chi connectivity index (χ1v) is 15.4. The molecule has 3 heterocycles. The number of aromatic nitrogens is 5. The Hall–Kier alpha value is -4.50. The van der Waals surface area contributed by atoms with E-state index in [0.29, 0.717) is 22.3 Å². The van der Waals surface area contributed by atoms with Gasteiger partial charge in [-0.05, 0) is 79.5 Å². The lowest BCUT2D eigenvalue weighted by molar-refractivity contribution is -0.131. The van der Waals surface area contributed by atoms with E-state index in [1.54, 1.807) is 18.5 Å². The Labute approximate surface area is 259 Å². The molecule has 2 aromatic carbocycles. The summed E-state index contributed by atoms with van der Waals surface area (Å²) in [5.41, 5.74) is 5.66. The maximum atomic E-state index is 13.9. The van der Waals surface area contributed by atoms with Gasteiger partial charge in [0.2, 0.25) is 0 Å². The van der Waals surface area contributed by atoms with Crippen LogP contribution in [0, 0.1) is 0 Å². The summed E-state index contributed by atoms with van der Waals surface area (Å²) >= 11 is 6.11. The first-order valence-electron chi connectivity index (χ1n) is 15.0. The van der Waals surface area contributed by atoms with Gasteiger partial charge in [-0.3, -0.25) is 4.79 Å². The van der Waals surface area contributed by atoms with E-state index in [0.717, 1.165) is 77.2 Å². The van der Waals surface area contributed by atoms with Crippen LogP contribution in [0.5, 0.6) is 0 Å². The smallest absolute Gasteiger partial charge is 0.328 e. The highest BCUT2D eigenvalue weighted by molar-refractivity contribution is 6.30.